The Morgan fingerprint density at radius 3 is 1.97 bits per heavy atom. The number of halogens is 3. The second-order valence-corrected chi connectivity index (χ2v) is 9.26. The van der Waals surface area contributed by atoms with Crippen LogP contribution < -0.4 is 0 Å². The van der Waals surface area contributed by atoms with Crippen molar-refractivity contribution in [3.63, 3.8) is 0 Å². The van der Waals surface area contributed by atoms with Crippen LogP contribution in [0, 0.1) is 11.8 Å². The van der Waals surface area contributed by atoms with Gasteiger partial charge in [0.25, 0.3) is 0 Å². The van der Waals surface area contributed by atoms with Gasteiger partial charge in [-0.25, -0.2) is 0 Å². The molecule has 0 N–H and O–H groups in total. The first-order valence-electron chi connectivity index (χ1n) is 11.7. The van der Waals surface area contributed by atoms with E-state index in [1.807, 2.05) is 12.1 Å². The van der Waals surface area contributed by atoms with Crippen LogP contribution in [0.25, 0.3) is 0 Å². The minimum Gasteiger partial charge on any atom is -0.378 e. The highest BCUT2D eigenvalue weighted by Gasteiger charge is 2.32. The van der Waals surface area contributed by atoms with Crippen molar-refractivity contribution in [2.24, 2.45) is 11.8 Å². The lowest BCUT2D eigenvalue weighted by atomic mass is 9.69. The van der Waals surface area contributed by atoms with Crippen molar-refractivity contribution in [2.75, 3.05) is 6.61 Å². The van der Waals surface area contributed by atoms with Gasteiger partial charge in [0.05, 0.1) is 12.5 Å². The Bertz CT molecular complexity index is 579. The molecule has 2 saturated carbocycles. The molecule has 1 aromatic rings. The summed E-state index contributed by atoms with van der Waals surface area (Å²) in [5.74, 6) is 2.20. The number of ether oxygens (including phenoxy) is 1. The maximum absolute atomic E-state index is 12.5. The number of hydrogen-bond acceptors (Lipinski definition) is 1. The van der Waals surface area contributed by atoms with E-state index in [9.17, 15) is 13.2 Å². The second kappa shape index (κ2) is 10.8. The van der Waals surface area contributed by atoms with Crippen molar-refractivity contribution < 1.29 is 17.9 Å². The van der Waals surface area contributed by atoms with Gasteiger partial charge in [-0.15, -0.1) is 0 Å². The molecule has 0 heterocycles. The molecule has 1 nitrogen and oxygen atoms in total. The lowest BCUT2D eigenvalue weighted by Gasteiger charge is -2.38. The van der Waals surface area contributed by atoms with Crippen molar-refractivity contribution in [3.8, 4) is 0 Å². The van der Waals surface area contributed by atoms with Crippen LogP contribution in [-0.4, -0.2) is 18.9 Å². The summed E-state index contributed by atoms with van der Waals surface area (Å²) < 4.78 is 43.6. The van der Waals surface area contributed by atoms with E-state index in [1.165, 1.54) is 76.2 Å². The number of alkyl halides is 3. The summed E-state index contributed by atoms with van der Waals surface area (Å²) in [5.41, 5.74) is 1.59. The number of benzene rings is 1. The average Bonchev–Trinajstić information content (AvgIpc) is 2.71. The first-order valence-corrected chi connectivity index (χ1v) is 11.7. The van der Waals surface area contributed by atoms with E-state index in [2.05, 4.69) is 6.92 Å². The van der Waals surface area contributed by atoms with E-state index in [4.69, 9.17) is 4.74 Å². The summed E-state index contributed by atoms with van der Waals surface area (Å²) in [7, 11) is 0. The Morgan fingerprint density at radius 1 is 0.828 bits per heavy atom. The Hall–Kier alpha value is -1.03. The first kappa shape index (κ1) is 22.7. The molecule has 0 amide bonds. The van der Waals surface area contributed by atoms with Gasteiger partial charge in [0.2, 0.25) is 0 Å². The van der Waals surface area contributed by atoms with Gasteiger partial charge >= 0.3 is 6.18 Å². The predicted octanol–water partition coefficient (Wildman–Crippen LogP) is 7.83. The normalized spacial score (nSPS) is 28.4. The molecular weight excluding hydrogens is 373 g/mol. The Balaban J connectivity index is 1.38. The van der Waals surface area contributed by atoms with Crippen LogP contribution in [0.2, 0.25) is 0 Å². The fraction of sp³-hybridized carbons (Fsp3) is 0.760. The zero-order valence-corrected chi connectivity index (χ0v) is 17.9. The van der Waals surface area contributed by atoms with E-state index in [-0.39, 0.29) is 0 Å². The van der Waals surface area contributed by atoms with Crippen molar-refractivity contribution in [2.45, 2.75) is 102 Å². The largest absolute Gasteiger partial charge is 0.393 e. The molecule has 0 atom stereocenters. The van der Waals surface area contributed by atoms with E-state index >= 15 is 0 Å². The molecular formula is C25H37F3O. The van der Waals surface area contributed by atoms with E-state index in [0.717, 1.165) is 18.4 Å². The Labute approximate surface area is 174 Å². The predicted molar refractivity (Wildman–Crippen MR) is 112 cm³/mol. The van der Waals surface area contributed by atoms with E-state index in [0.29, 0.717) is 17.6 Å². The SMILES string of the molecule is CCCCCOC1CCC(C2CCC(c3ccc(CC(F)(F)F)cc3)CC2)CC1. The van der Waals surface area contributed by atoms with Crippen LogP contribution in [0.15, 0.2) is 24.3 Å². The molecule has 0 saturated heterocycles. The van der Waals surface area contributed by atoms with Crippen LogP contribution in [0.1, 0.15) is 94.6 Å². The first-order chi connectivity index (χ1) is 13.9. The summed E-state index contributed by atoms with van der Waals surface area (Å²) in [6.45, 7) is 3.15. The lowest BCUT2D eigenvalue weighted by molar-refractivity contribution is -0.127. The zero-order valence-electron chi connectivity index (χ0n) is 17.9. The summed E-state index contributed by atoms with van der Waals surface area (Å²) in [4.78, 5) is 0. The number of rotatable bonds is 8. The maximum Gasteiger partial charge on any atom is 0.393 e. The summed E-state index contributed by atoms with van der Waals surface area (Å²) >= 11 is 0. The van der Waals surface area contributed by atoms with Crippen molar-refractivity contribution in [1.29, 1.82) is 0 Å². The van der Waals surface area contributed by atoms with Crippen LogP contribution >= 0.6 is 0 Å². The number of hydrogen-bond donors (Lipinski definition) is 0. The quantitative estimate of drug-likeness (QED) is 0.397. The lowest BCUT2D eigenvalue weighted by Crippen LogP contribution is -2.28. The third-order valence-electron chi connectivity index (χ3n) is 7.11. The Kier molecular flexibility index (Phi) is 8.46. The summed E-state index contributed by atoms with van der Waals surface area (Å²) in [6.07, 6.45) is 9.17. The summed E-state index contributed by atoms with van der Waals surface area (Å²) in [5, 5.41) is 0. The van der Waals surface area contributed by atoms with Gasteiger partial charge in [0.1, 0.15) is 0 Å². The topological polar surface area (TPSA) is 9.23 Å². The molecule has 0 unspecified atom stereocenters. The smallest absolute Gasteiger partial charge is 0.378 e. The van der Waals surface area contributed by atoms with Crippen molar-refractivity contribution >= 4 is 0 Å². The minimum atomic E-state index is -4.13. The highest BCUT2D eigenvalue weighted by atomic mass is 19.4. The average molecular weight is 411 g/mol. The zero-order chi connectivity index (χ0) is 20.7. The monoisotopic (exact) mass is 410 g/mol. The molecule has 2 aliphatic carbocycles. The molecule has 2 aliphatic rings. The van der Waals surface area contributed by atoms with Gasteiger partial charge in [-0.2, -0.15) is 13.2 Å². The standard InChI is InChI=1S/C25H37F3O/c1-2-3-4-17-29-24-15-13-23(14-16-24)22-11-9-21(10-12-22)20-7-5-19(6-8-20)18-25(26,27)28/h5-8,21-24H,2-4,9-18H2,1H3. The molecule has 0 radical (unpaired) electrons. The molecule has 3 rings (SSSR count). The van der Waals surface area contributed by atoms with Crippen LogP contribution in [0.3, 0.4) is 0 Å². The molecule has 2 fully saturated rings. The van der Waals surface area contributed by atoms with Gasteiger partial charge < -0.3 is 4.74 Å². The van der Waals surface area contributed by atoms with Gasteiger partial charge in [-0.05, 0) is 86.7 Å². The fourth-order valence-corrected chi connectivity index (χ4v) is 5.39. The molecule has 164 valence electrons. The molecule has 0 aliphatic heterocycles. The molecule has 0 bridgehead atoms. The van der Waals surface area contributed by atoms with E-state index < -0.39 is 12.6 Å². The summed E-state index contributed by atoms with van der Waals surface area (Å²) in [6, 6.07) is 7.17. The van der Waals surface area contributed by atoms with Crippen molar-refractivity contribution in [1.82, 2.24) is 0 Å². The van der Waals surface area contributed by atoms with Gasteiger partial charge in [0.15, 0.2) is 0 Å². The van der Waals surface area contributed by atoms with Crippen LogP contribution in [0.5, 0.6) is 0 Å². The van der Waals surface area contributed by atoms with Gasteiger partial charge in [-0.1, -0.05) is 44.0 Å². The van der Waals surface area contributed by atoms with Gasteiger partial charge in [-0.3, -0.25) is 0 Å². The Morgan fingerprint density at radius 2 is 1.41 bits per heavy atom. The van der Waals surface area contributed by atoms with Gasteiger partial charge in [0, 0.05) is 6.61 Å². The third kappa shape index (κ3) is 7.31. The van der Waals surface area contributed by atoms with E-state index in [1.54, 1.807) is 12.1 Å². The minimum absolute atomic E-state index is 0.364. The highest BCUT2D eigenvalue weighted by molar-refractivity contribution is 5.26. The molecule has 0 spiro atoms. The molecule has 0 aromatic heterocycles. The van der Waals surface area contributed by atoms with Crippen molar-refractivity contribution in [3.05, 3.63) is 35.4 Å². The molecule has 1 aromatic carbocycles. The highest BCUT2D eigenvalue weighted by Crippen LogP contribution is 2.43. The van der Waals surface area contributed by atoms with Crippen LogP contribution in [-0.2, 0) is 11.2 Å². The molecule has 4 heteroatoms. The molecule has 29 heavy (non-hydrogen) atoms. The third-order valence-corrected chi connectivity index (χ3v) is 7.11. The fourth-order valence-electron chi connectivity index (χ4n) is 5.39. The maximum atomic E-state index is 12.5. The second-order valence-electron chi connectivity index (χ2n) is 9.26. The van der Waals surface area contributed by atoms with Crippen LogP contribution in [0.4, 0.5) is 13.2 Å². The number of unbranched alkanes of at least 4 members (excludes halogenated alkanes) is 2.